The van der Waals surface area contributed by atoms with Gasteiger partial charge in [-0.15, -0.1) is 10.2 Å². The van der Waals surface area contributed by atoms with Crippen LogP contribution in [0.2, 0.25) is 0 Å². The van der Waals surface area contributed by atoms with E-state index in [1.807, 2.05) is 48.5 Å². The molecule has 0 aliphatic heterocycles. The Balaban J connectivity index is 1.64. The van der Waals surface area contributed by atoms with Gasteiger partial charge in [0.2, 0.25) is 0 Å². The Kier molecular flexibility index (Phi) is 3.20. The number of hydrogen-bond donors (Lipinski definition) is 0. The molecule has 7 heteroatoms. The van der Waals surface area contributed by atoms with Crippen molar-refractivity contribution in [3.05, 3.63) is 60.7 Å². The van der Waals surface area contributed by atoms with Gasteiger partial charge in [-0.25, -0.2) is 4.79 Å². The Labute approximate surface area is 151 Å². The van der Waals surface area contributed by atoms with Gasteiger partial charge in [-0.05, 0) is 23.6 Å². The van der Waals surface area contributed by atoms with Gasteiger partial charge in [0, 0.05) is 34.5 Å². The van der Waals surface area contributed by atoms with Gasteiger partial charge in [-0.2, -0.15) is 4.80 Å². The summed E-state index contributed by atoms with van der Waals surface area (Å²) in [6.45, 7) is 0. The molecule has 0 fully saturated rings. The number of nitrogens with zero attached hydrogens (tertiary/aromatic N) is 3. The van der Waals surface area contributed by atoms with Crippen molar-refractivity contribution in [3.8, 4) is 11.6 Å². The van der Waals surface area contributed by atoms with Gasteiger partial charge in [0.1, 0.15) is 16.6 Å². The zero-order valence-electron chi connectivity index (χ0n) is 13.2. The molecule has 6 nitrogen and oxygen atoms in total. The topological polar surface area (TPSA) is 70.2 Å². The molecule has 0 N–H and O–H groups in total. The minimum atomic E-state index is -0.948. The van der Waals surface area contributed by atoms with Crippen LogP contribution in [-0.2, 0) is 0 Å². The summed E-state index contributed by atoms with van der Waals surface area (Å²) in [5.74, 6) is 0.0433. The Morgan fingerprint density at radius 3 is 2.73 bits per heavy atom. The Morgan fingerprint density at radius 2 is 1.85 bits per heavy atom. The monoisotopic (exact) mass is 363 g/mol. The molecule has 26 heavy (non-hydrogen) atoms. The van der Waals surface area contributed by atoms with E-state index in [1.165, 1.54) is 0 Å². The zero-order chi connectivity index (χ0) is 17.7. The highest BCUT2D eigenvalue weighted by atomic mass is 35.5. The molecule has 126 valence electrons. The normalized spacial score (nSPS) is 11.4. The van der Waals surface area contributed by atoms with E-state index < -0.39 is 5.43 Å². The number of furan rings is 1. The van der Waals surface area contributed by atoms with Gasteiger partial charge in [0.25, 0.3) is 5.95 Å². The SMILES string of the molecule is O=C(Cl)Oc1cc2ccc(-n3nc4ccc5ccccc5c4n3)cc2o1. The Morgan fingerprint density at radius 1 is 1.00 bits per heavy atom. The minimum Gasteiger partial charge on any atom is -0.425 e. The second-order valence-electron chi connectivity index (χ2n) is 5.77. The van der Waals surface area contributed by atoms with Crippen LogP contribution in [-0.4, -0.2) is 20.4 Å². The van der Waals surface area contributed by atoms with Gasteiger partial charge in [0.15, 0.2) is 0 Å². The molecule has 5 rings (SSSR count). The summed E-state index contributed by atoms with van der Waals surface area (Å²) in [6.07, 6.45) is 0. The van der Waals surface area contributed by atoms with Crippen LogP contribution in [0.4, 0.5) is 4.79 Å². The third-order valence-electron chi connectivity index (χ3n) is 4.17. The molecule has 0 radical (unpaired) electrons. The molecule has 0 atom stereocenters. The largest absolute Gasteiger partial charge is 0.425 e. The first-order valence-corrected chi connectivity index (χ1v) is 8.21. The fourth-order valence-corrected chi connectivity index (χ4v) is 3.09. The highest BCUT2D eigenvalue weighted by Gasteiger charge is 2.12. The molecule has 0 amide bonds. The summed E-state index contributed by atoms with van der Waals surface area (Å²) in [7, 11) is 0. The number of aromatic nitrogens is 3. The third-order valence-corrected chi connectivity index (χ3v) is 4.25. The standard InChI is InChI=1S/C19H10ClN3O3/c20-19(24)26-17-9-12-5-7-13(10-16(12)25-17)23-21-15-8-6-11-3-1-2-4-14(11)18(15)22-23/h1-10H. The van der Waals surface area contributed by atoms with E-state index in [2.05, 4.69) is 10.2 Å². The van der Waals surface area contributed by atoms with E-state index in [1.54, 1.807) is 16.9 Å². The lowest BCUT2D eigenvalue weighted by atomic mass is 10.1. The molecule has 5 aromatic rings. The van der Waals surface area contributed by atoms with Crippen molar-refractivity contribution < 1.29 is 13.9 Å². The fourth-order valence-electron chi connectivity index (χ4n) is 3.01. The zero-order valence-corrected chi connectivity index (χ0v) is 14.0. The first-order valence-electron chi connectivity index (χ1n) is 7.83. The lowest BCUT2D eigenvalue weighted by Crippen LogP contribution is -1.97. The van der Waals surface area contributed by atoms with E-state index in [0.717, 1.165) is 32.9 Å². The molecular formula is C19H10ClN3O3. The number of benzene rings is 3. The average molecular weight is 364 g/mol. The first kappa shape index (κ1) is 14.9. The van der Waals surface area contributed by atoms with Crippen molar-refractivity contribution in [3.63, 3.8) is 0 Å². The fraction of sp³-hybridized carbons (Fsp3) is 0. The van der Waals surface area contributed by atoms with Gasteiger partial charge < -0.3 is 9.15 Å². The van der Waals surface area contributed by atoms with Crippen LogP contribution in [0.15, 0.2) is 65.1 Å². The summed E-state index contributed by atoms with van der Waals surface area (Å²) in [5, 5.41) is 12.1. The molecule has 0 spiro atoms. The average Bonchev–Trinajstić information content (AvgIpc) is 3.23. The van der Waals surface area contributed by atoms with Gasteiger partial charge >= 0.3 is 5.43 Å². The third kappa shape index (κ3) is 2.39. The Bertz CT molecular complexity index is 1310. The maximum absolute atomic E-state index is 10.8. The Hall–Kier alpha value is -3.38. The van der Waals surface area contributed by atoms with Crippen molar-refractivity contribution in [2.24, 2.45) is 0 Å². The maximum atomic E-state index is 10.8. The number of rotatable bonds is 2. The van der Waals surface area contributed by atoms with Crippen molar-refractivity contribution in [1.29, 1.82) is 0 Å². The van der Waals surface area contributed by atoms with Crippen LogP contribution in [0, 0.1) is 0 Å². The molecule has 3 aromatic carbocycles. The molecule has 0 unspecified atom stereocenters. The number of halogens is 1. The van der Waals surface area contributed by atoms with Crippen LogP contribution in [0.5, 0.6) is 5.95 Å². The number of hydrogen-bond acceptors (Lipinski definition) is 5. The van der Waals surface area contributed by atoms with Crippen molar-refractivity contribution in [1.82, 2.24) is 15.0 Å². The molecule has 0 bridgehead atoms. The number of carbonyl (C=O) groups is 1. The van der Waals surface area contributed by atoms with Crippen LogP contribution in [0.25, 0.3) is 38.5 Å². The number of ether oxygens (including phenoxy) is 1. The van der Waals surface area contributed by atoms with Crippen molar-refractivity contribution in [2.45, 2.75) is 0 Å². The lowest BCUT2D eigenvalue weighted by Gasteiger charge is -1.98. The highest BCUT2D eigenvalue weighted by molar-refractivity contribution is 6.61. The summed E-state index contributed by atoms with van der Waals surface area (Å²) in [6, 6.07) is 19.1. The second kappa shape index (κ2) is 5.57. The summed E-state index contributed by atoms with van der Waals surface area (Å²) in [5.41, 5.74) is 1.97. The molecule has 0 saturated heterocycles. The van der Waals surface area contributed by atoms with Crippen LogP contribution in [0.3, 0.4) is 0 Å². The summed E-state index contributed by atoms with van der Waals surface area (Å²) < 4.78 is 10.3. The van der Waals surface area contributed by atoms with Crippen LogP contribution >= 0.6 is 11.6 Å². The van der Waals surface area contributed by atoms with E-state index in [-0.39, 0.29) is 5.95 Å². The summed E-state index contributed by atoms with van der Waals surface area (Å²) in [4.78, 5) is 12.4. The number of fused-ring (bicyclic) bond motifs is 4. The van der Waals surface area contributed by atoms with E-state index in [9.17, 15) is 4.79 Å². The minimum absolute atomic E-state index is 0.0433. The maximum Gasteiger partial charge on any atom is 0.411 e. The molecule has 2 heterocycles. The molecule has 0 aliphatic carbocycles. The predicted octanol–water partition coefficient (Wildman–Crippen LogP) is 5.06. The number of carbonyl (C=O) groups excluding carboxylic acids is 1. The summed E-state index contributed by atoms with van der Waals surface area (Å²) >= 11 is 5.21. The molecular weight excluding hydrogens is 354 g/mol. The van der Waals surface area contributed by atoms with Gasteiger partial charge in [-0.1, -0.05) is 30.3 Å². The van der Waals surface area contributed by atoms with Crippen LogP contribution < -0.4 is 4.74 Å². The predicted molar refractivity (Wildman–Crippen MR) is 98.0 cm³/mol. The van der Waals surface area contributed by atoms with E-state index in [4.69, 9.17) is 20.8 Å². The molecule has 0 saturated carbocycles. The molecule has 0 aliphatic rings. The quantitative estimate of drug-likeness (QED) is 0.410. The van der Waals surface area contributed by atoms with E-state index in [0.29, 0.717) is 5.58 Å². The van der Waals surface area contributed by atoms with Crippen molar-refractivity contribution in [2.75, 3.05) is 0 Å². The first-order chi connectivity index (χ1) is 12.7. The van der Waals surface area contributed by atoms with Gasteiger partial charge in [0.05, 0.1) is 5.69 Å². The lowest BCUT2D eigenvalue weighted by molar-refractivity contribution is 0.214. The van der Waals surface area contributed by atoms with Crippen molar-refractivity contribution >= 4 is 49.8 Å². The second-order valence-corrected chi connectivity index (χ2v) is 6.08. The smallest absolute Gasteiger partial charge is 0.411 e. The molecule has 2 aromatic heterocycles. The van der Waals surface area contributed by atoms with Gasteiger partial charge in [-0.3, -0.25) is 0 Å². The highest BCUT2D eigenvalue weighted by Crippen LogP contribution is 2.28. The van der Waals surface area contributed by atoms with E-state index >= 15 is 0 Å². The van der Waals surface area contributed by atoms with Crippen LogP contribution in [0.1, 0.15) is 0 Å².